The van der Waals surface area contributed by atoms with Gasteiger partial charge >= 0.3 is 0 Å². The van der Waals surface area contributed by atoms with Crippen molar-refractivity contribution in [1.82, 2.24) is 5.32 Å². The molecule has 108 valence electrons. The molecular weight excluding hydrogens is 258 g/mol. The molecule has 0 aromatic carbocycles. The van der Waals surface area contributed by atoms with Gasteiger partial charge in [-0.25, -0.2) is 8.42 Å². The van der Waals surface area contributed by atoms with Crippen LogP contribution in [-0.4, -0.2) is 56.3 Å². The summed E-state index contributed by atoms with van der Waals surface area (Å²) in [5.41, 5.74) is -1.13. The maximum absolute atomic E-state index is 11.8. The summed E-state index contributed by atoms with van der Waals surface area (Å²) in [6.07, 6.45) is 1.36. The Kier molecular flexibility index (Phi) is 5.77. The van der Waals surface area contributed by atoms with E-state index < -0.39 is 26.1 Å². The third-order valence-electron chi connectivity index (χ3n) is 2.95. The van der Waals surface area contributed by atoms with E-state index in [1.165, 1.54) is 21.0 Å². The molecule has 0 rings (SSSR count). The molecule has 0 aromatic heterocycles. The van der Waals surface area contributed by atoms with Crippen LogP contribution >= 0.6 is 0 Å². The molecule has 0 saturated heterocycles. The Labute approximate surface area is 109 Å². The normalized spacial score (nSPS) is 16.1. The molecule has 1 amide bonds. The van der Waals surface area contributed by atoms with Crippen LogP contribution in [0.1, 0.15) is 27.2 Å². The first-order chi connectivity index (χ1) is 7.94. The zero-order chi connectivity index (χ0) is 14.6. The lowest BCUT2D eigenvalue weighted by Crippen LogP contribution is -2.51. The molecule has 0 fully saturated rings. The second kappa shape index (κ2) is 5.99. The van der Waals surface area contributed by atoms with Gasteiger partial charge in [0.2, 0.25) is 5.91 Å². The van der Waals surface area contributed by atoms with E-state index in [9.17, 15) is 18.3 Å². The van der Waals surface area contributed by atoms with Gasteiger partial charge in [0, 0.05) is 32.9 Å². The van der Waals surface area contributed by atoms with Crippen LogP contribution in [0.3, 0.4) is 0 Å². The summed E-state index contributed by atoms with van der Waals surface area (Å²) >= 11 is 0. The Morgan fingerprint density at radius 3 is 2.22 bits per heavy atom. The molecule has 7 heteroatoms. The van der Waals surface area contributed by atoms with E-state index in [0.29, 0.717) is 13.0 Å². The van der Waals surface area contributed by atoms with Gasteiger partial charge in [0.15, 0.2) is 9.84 Å². The van der Waals surface area contributed by atoms with Crippen molar-refractivity contribution in [2.75, 3.05) is 26.5 Å². The van der Waals surface area contributed by atoms with E-state index in [1.54, 1.807) is 6.92 Å². The number of ether oxygens (including phenoxy) is 1. The minimum absolute atomic E-state index is 0.0197. The van der Waals surface area contributed by atoms with Crippen molar-refractivity contribution in [2.45, 2.75) is 37.5 Å². The quantitative estimate of drug-likeness (QED) is 0.669. The summed E-state index contributed by atoms with van der Waals surface area (Å²) in [7, 11) is -1.99. The zero-order valence-electron chi connectivity index (χ0n) is 11.6. The maximum atomic E-state index is 11.8. The smallest absolute Gasteiger partial charge is 0.240 e. The predicted octanol–water partition coefficient (Wildman–Crippen LogP) is -0.287. The highest BCUT2D eigenvalue weighted by molar-refractivity contribution is 7.92. The molecule has 0 aromatic rings. The van der Waals surface area contributed by atoms with Gasteiger partial charge in [-0.1, -0.05) is 0 Å². The summed E-state index contributed by atoms with van der Waals surface area (Å²) in [4.78, 5) is 11.8. The molecule has 1 atom stereocenters. The van der Waals surface area contributed by atoms with E-state index in [0.717, 1.165) is 6.26 Å². The molecule has 0 spiro atoms. The highest BCUT2D eigenvalue weighted by Gasteiger charge is 2.39. The molecule has 0 saturated carbocycles. The molecule has 0 bridgehead atoms. The van der Waals surface area contributed by atoms with Gasteiger partial charge in [-0.2, -0.15) is 0 Å². The molecule has 18 heavy (non-hydrogen) atoms. The van der Waals surface area contributed by atoms with E-state index in [2.05, 4.69) is 5.32 Å². The van der Waals surface area contributed by atoms with Crippen LogP contribution in [0.2, 0.25) is 0 Å². The number of aliphatic hydroxyl groups is 1. The summed E-state index contributed by atoms with van der Waals surface area (Å²) in [5, 5.41) is 12.4. The van der Waals surface area contributed by atoms with Gasteiger partial charge in [0.25, 0.3) is 0 Å². The third-order valence-corrected chi connectivity index (χ3v) is 4.99. The fraction of sp³-hybridized carbons (Fsp3) is 0.909. The average Bonchev–Trinajstić information content (AvgIpc) is 2.21. The van der Waals surface area contributed by atoms with Crippen LogP contribution in [0.5, 0.6) is 0 Å². The Balaban J connectivity index is 4.52. The summed E-state index contributed by atoms with van der Waals surface area (Å²) in [6.45, 7) is 4.56. The van der Waals surface area contributed by atoms with Gasteiger partial charge in [0.05, 0.1) is 5.60 Å². The van der Waals surface area contributed by atoms with Crippen molar-refractivity contribution in [3.05, 3.63) is 0 Å². The zero-order valence-corrected chi connectivity index (χ0v) is 12.4. The number of nitrogens with one attached hydrogen (secondary N) is 1. The van der Waals surface area contributed by atoms with Crippen molar-refractivity contribution < 1.29 is 23.1 Å². The Morgan fingerprint density at radius 2 is 1.83 bits per heavy atom. The minimum atomic E-state index is -3.50. The highest BCUT2D eigenvalue weighted by Crippen LogP contribution is 2.16. The fourth-order valence-electron chi connectivity index (χ4n) is 1.06. The Hall–Kier alpha value is -0.660. The van der Waals surface area contributed by atoms with Gasteiger partial charge in [0.1, 0.15) is 4.75 Å². The first-order valence-corrected chi connectivity index (χ1v) is 7.52. The van der Waals surface area contributed by atoms with Crippen LogP contribution in [0.15, 0.2) is 0 Å². The van der Waals surface area contributed by atoms with Crippen molar-refractivity contribution in [3.8, 4) is 0 Å². The van der Waals surface area contributed by atoms with E-state index in [1.807, 2.05) is 0 Å². The van der Waals surface area contributed by atoms with Crippen molar-refractivity contribution in [3.63, 3.8) is 0 Å². The molecule has 6 nitrogen and oxygen atoms in total. The molecule has 1 unspecified atom stereocenters. The number of methoxy groups -OCH3 is 1. The van der Waals surface area contributed by atoms with Gasteiger partial charge < -0.3 is 15.2 Å². The number of hydrogen-bond acceptors (Lipinski definition) is 5. The lowest BCUT2D eigenvalue weighted by atomic mass is 10.0. The summed E-state index contributed by atoms with van der Waals surface area (Å²) < 4.78 is 26.2. The average molecular weight is 281 g/mol. The van der Waals surface area contributed by atoms with Gasteiger partial charge in [-0.05, 0) is 20.8 Å². The Bertz CT molecular complexity index is 386. The first kappa shape index (κ1) is 17.3. The summed E-state index contributed by atoms with van der Waals surface area (Å²) in [6, 6.07) is 0. The van der Waals surface area contributed by atoms with Crippen LogP contribution in [0.25, 0.3) is 0 Å². The predicted molar refractivity (Wildman–Crippen MR) is 69.0 cm³/mol. The standard InChI is InChI=1S/C11H23NO5S/c1-10(2,18(5,15)16)9(13)12-8-11(3,14)6-7-17-4/h14H,6-8H2,1-5H3,(H,12,13). The third kappa shape index (κ3) is 4.91. The van der Waals surface area contributed by atoms with Crippen molar-refractivity contribution in [2.24, 2.45) is 0 Å². The number of carbonyl (C=O) groups excluding carboxylic acids is 1. The Morgan fingerprint density at radius 1 is 1.33 bits per heavy atom. The molecule has 0 aliphatic carbocycles. The molecule has 0 radical (unpaired) electrons. The van der Waals surface area contributed by atoms with E-state index in [4.69, 9.17) is 4.74 Å². The maximum Gasteiger partial charge on any atom is 0.240 e. The van der Waals surface area contributed by atoms with Crippen LogP contribution in [0, 0.1) is 0 Å². The monoisotopic (exact) mass is 281 g/mol. The number of hydrogen-bond donors (Lipinski definition) is 2. The second-order valence-electron chi connectivity index (χ2n) is 5.20. The lowest BCUT2D eigenvalue weighted by molar-refractivity contribution is -0.124. The highest BCUT2D eigenvalue weighted by atomic mass is 32.2. The molecular formula is C11H23NO5S. The number of carbonyl (C=O) groups is 1. The minimum Gasteiger partial charge on any atom is -0.388 e. The number of sulfone groups is 1. The second-order valence-corrected chi connectivity index (χ2v) is 7.77. The van der Waals surface area contributed by atoms with Crippen molar-refractivity contribution >= 4 is 15.7 Å². The van der Waals surface area contributed by atoms with Crippen LogP contribution in [0.4, 0.5) is 0 Å². The number of amides is 1. The van der Waals surface area contributed by atoms with Gasteiger partial charge in [-0.3, -0.25) is 4.79 Å². The fourth-order valence-corrected chi connectivity index (χ4v) is 1.47. The molecule has 2 N–H and O–H groups in total. The molecule has 0 aliphatic heterocycles. The van der Waals surface area contributed by atoms with Crippen LogP contribution in [-0.2, 0) is 19.4 Å². The van der Waals surface area contributed by atoms with E-state index in [-0.39, 0.29) is 6.54 Å². The van der Waals surface area contributed by atoms with Crippen LogP contribution < -0.4 is 5.32 Å². The first-order valence-electron chi connectivity index (χ1n) is 5.63. The van der Waals surface area contributed by atoms with E-state index >= 15 is 0 Å². The molecule has 0 heterocycles. The SMILES string of the molecule is COCCC(C)(O)CNC(=O)C(C)(C)S(C)(=O)=O. The summed E-state index contributed by atoms with van der Waals surface area (Å²) in [5.74, 6) is -0.623. The van der Waals surface area contributed by atoms with Crippen molar-refractivity contribution in [1.29, 1.82) is 0 Å². The van der Waals surface area contributed by atoms with Gasteiger partial charge in [-0.15, -0.1) is 0 Å². The molecule has 0 aliphatic rings. The lowest BCUT2D eigenvalue weighted by Gasteiger charge is -2.27. The topological polar surface area (TPSA) is 92.7 Å². The number of rotatable bonds is 7. The largest absolute Gasteiger partial charge is 0.388 e.